The van der Waals surface area contributed by atoms with Crippen LogP contribution in [0.5, 0.6) is 5.75 Å². The molecule has 0 amide bonds. The molecule has 5 aromatic carbocycles. The first-order chi connectivity index (χ1) is 19.7. The van der Waals surface area contributed by atoms with E-state index >= 15 is 4.57 Å². The second-order valence-corrected chi connectivity index (χ2v) is 13.1. The van der Waals surface area contributed by atoms with Crippen LogP contribution in [0.15, 0.2) is 146 Å². The summed E-state index contributed by atoms with van der Waals surface area (Å²) in [6, 6.07) is 41.1. The Morgan fingerprint density at radius 1 is 0.625 bits per heavy atom. The normalized spacial score (nSPS) is 17.6. The molecule has 2 heterocycles. The van der Waals surface area contributed by atoms with E-state index in [2.05, 4.69) is 83.5 Å². The number of fused-ring (bicyclic) bond motifs is 6. The van der Waals surface area contributed by atoms with Gasteiger partial charge in [0.2, 0.25) is 0 Å². The van der Waals surface area contributed by atoms with Crippen LogP contribution in [-0.2, 0) is 4.57 Å². The van der Waals surface area contributed by atoms with Crippen LogP contribution in [0, 0.1) is 0 Å². The largest absolute Gasteiger partial charge is 0.484 e. The van der Waals surface area contributed by atoms with Crippen molar-refractivity contribution in [1.29, 1.82) is 0 Å². The fourth-order valence-electron chi connectivity index (χ4n) is 6.38. The molecule has 0 saturated heterocycles. The molecular formula is C36H26NO2P. The zero-order chi connectivity index (χ0) is 26.7. The van der Waals surface area contributed by atoms with Crippen LogP contribution >= 0.6 is 7.14 Å². The van der Waals surface area contributed by atoms with Crippen LogP contribution in [0.4, 0.5) is 0 Å². The van der Waals surface area contributed by atoms with Gasteiger partial charge in [-0.1, -0.05) is 115 Å². The van der Waals surface area contributed by atoms with Gasteiger partial charge in [0, 0.05) is 38.6 Å². The van der Waals surface area contributed by atoms with E-state index in [9.17, 15) is 0 Å². The van der Waals surface area contributed by atoms with E-state index in [4.69, 9.17) is 4.74 Å². The van der Waals surface area contributed by atoms with Crippen molar-refractivity contribution in [3.63, 3.8) is 0 Å². The molecule has 2 unspecified atom stereocenters. The Kier molecular flexibility index (Phi) is 5.23. The number of nitrogens with zero attached hydrogens (tertiary/aromatic N) is 1. The molecule has 0 fully saturated rings. The van der Waals surface area contributed by atoms with Crippen molar-refractivity contribution < 1.29 is 9.30 Å². The number of allylic oxidation sites excluding steroid dienone is 2. The molecule has 1 aliphatic carbocycles. The zero-order valence-corrected chi connectivity index (χ0v) is 22.6. The smallest absolute Gasteiger partial charge is 0.174 e. The first-order valence-electron chi connectivity index (χ1n) is 13.6. The number of rotatable bonds is 4. The topological polar surface area (TPSA) is 31.2 Å². The van der Waals surface area contributed by atoms with E-state index in [0.717, 1.165) is 43.9 Å². The lowest BCUT2D eigenvalue weighted by atomic mass is 9.92. The number of aromatic nitrogens is 1. The van der Waals surface area contributed by atoms with Crippen LogP contribution in [0.2, 0.25) is 0 Å². The molecule has 0 bridgehead atoms. The summed E-state index contributed by atoms with van der Waals surface area (Å²) < 4.78 is 24.7. The molecule has 192 valence electrons. The lowest BCUT2D eigenvalue weighted by Crippen LogP contribution is -2.27. The van der Waals surface area contributed by atoms with Crippen molar-refractivity contribution >= 4 is 44.9 Å². The third-order valence-corrected chi connectivity index (χ3v) is 11.3. The van der Waals surface area contributed by atoms with Gasteiger partial charge in [0.25, 0.3) is 0 Å². The molecule has 3 nitrogen and oxygen atoms in total. The van der Waals surface area contributed by atoms with Crippen molar-refractivity contribution in [3.05, 3.63) is 151 Å². The third-order valence-electron chi connectivity index (χ3n) is 8.20. The molecule has 1 aliphatic heterocycles. The summed E-state index contributed by atoms with van der Waals surface area (Å²) in [6.45, 7) is 0. The molecule has 0 spiro atoms. The van der Waals surface area contributed by atoms with E-state index in [1.807, 2.05) is 66.7 Å². The second kappa shape index (κ2) is 8.98. The molecular weight excluding hydrogens is 509 g/mol. The maximum absolute atomic E-state index is 15.7. The zero-order valence-electron chi connectivity index (χ0n) is 21.7. The monoisotopic (exact) mass is 535 g/mol. The fourth-order valence-corrected chi connectivity index (χ4v) is 9.20. The summed E-state index contributed by atoms with van der Waals surface area (Å²) >= 11 is 0. The first-order valence-corrected chi connectivity index (χ1v) is 15.3. The SMILES string of the molecule is O=P(c1ccccc1)(c1ccccc1)c1cc(-n2c3ccccc3c3ccccc32)cc2c1OC1C=CC=CC21. The van der Waals surface area contributed by atoms with Gasteiger partial charge in [0.1, 0.15) is 11.9 Å². The minimum absolute atomic E-state index is 0.0618. The highest BCUT2D eigenvalue weighted by molar-refractivity contribution is 7.85. The van der Waals surface area contributed by atoms with Crippen molar-refractivity contribution in [2.45, 2.75) is 12.0 Å². The van der Waals surface area contributed by atoms with Gasteiger partial charge >= 0.3 is 0 Å². The Bertz CT molecular complexity index is 1920. The molecule has 0 N–H and O–H groups in total. The molecule has 1 aromatic heterocycles. The lowest BCUT2D eigenvalue weighted by molar-refractivity contribution is 0.270. The van der Waals surface area contributed by atoms with Gasteiger partial charge in [-0.2, -0.15) is 0 Å². The first kappa shape index (κ1) is 23.3. The van der Waals surface area contributed by atoms with Gasteiger partial charge in [0.05, 0.1) is 16.3 Å². The van der Waals surface area contributed by atoms with Crippen LogP contribution in [-0.4, -0.2) is 10.7 Å². The van der Waals surface area contributed by atoms with Gasteiger partial charge in [0.15, 0.2) is 7.14 Å². The molecule has 2 aliphatic rings. The molecule has 40 heavy (non-hydrogen) atoms. The van der Waals surface area contributed by atoms with Gasteiger partial charge < -0.3 is 13.9 Å². The third kappa shape index (κ3) is 3.35. The second-order valence-electron chi connectivity index (χ2n) is 10.4. The molecule has 6 aromatic rings. The van der Waals surface area contributed by atoms with Gasteiger partial charge in [-0.3, -0.25) is 0 Å². The maximum atomic E-state index is 15.7. The van der Waals surface area contributed by atoms with E-state index in [1.165, 1.54) is 10.8 Å². The Morgan fingerprint density at radius 3 is 1.80 bits per heavy atom. The predicted molar refractivity (Wildman–Crippen MR) is 166 cm³/mol. The summed E-state index contributed by atoms with van der Waals surface area (Å²) in [5, 5.41) is 4.74. The van der Waals surface area contributed by atoms with Crippen LogP contribution in [0.1, 0.15) is 11.5 Å². The standard InChI is InChI=1S/C36H26NO2P/c38-40(26-13-3-1-4-14-26,27-15-5-2-6-16-27)35-24-25(23-31-30-19-9-12-22-34(30)39-36(31)35)37-32-20-10-7-17-28(32)29-18-8-11-21-33(29)37/h1-24,30,34H. The number of para-hydroxylation sites is 2. The minimum atomic E-state index is -3.31. The van der Waals surface area contributed by atoms with Crippen molar-refractivity contribution in [2.24, 2.45) is 0 Å². The maximum Gasteiger partial charge on any atom is 0.174 e. The van der Waals surface area contributed by atoms with Crippen LogP contribution in [0.3, 0.4) is 0 Å². The van der Waals surface area contributed by atoms with E-state index in [-0.39, 0.29) is 12.0 Å². The Balaban J connectivity index is 1.50. The number of hydrogen-bond acceptors (Lipinski definition) is 2. The summed E-state index contributed by atoms with van der Waals surface area (Å²) in [5.41, 5.74) is 4.31. The highest BCUT2D eigenvalue weighted by atomic mass is 31.2. The van der Waals surface area contributed by atoms with Crippen molar-refractivity contribution in [3.8, 4) is 11.4 Å². The van der Waals surface area contributed by atoms with Crippen molar-refractivity contribution in [1.82, 2.24) is 4.57 Å². The quantitative estimate of drug-likeness (QED) is 0.220. The van der Waals surface area contributed by atoms with Crippen LogP contribution in [0.25, 0.3) is 27.5 Å². The minimum Gasteiger partial charge on any atom is -0.484 e. The van der Waals surface area contributed by atoms with Gasteiger partial charge in [-0.05, 0) is 30.3 Å². The summed E-state index contributed by atoms with van der Waals surface area (Å²) in [7, 11) is -3.31. The molecule has 0 radical (unpaired) electrons. The molecule has 0 saturated carbocycles. The Hall–Kier alpha value is -4.59. The Morgan fingerprint density at radius 2 is 1.18 bits per heavy atom. The summed E-state index contributed by atoms with van der Waals surface area (Å²) in [4.78, 5) is 0. The lowest BCUT2D eigenvalue weighted by Gasteiger charge is -2.23. The summed E-state index contributed by atoms with van der Waals surface area (Å²) in [6.07, 6.45) is 8.30. The van der Waals surface area contributed by atoms with Gasteiger partial charge in [-0.15, -0.1) is 0 Å². The van der Waals surface area contributed by atoms with E-state index in [0.29, 0.717) is 0 Å². The van der Waals surface area contributed by atoms with Crippen molar-refractivity contribution in [2.75, 3.05) is 0 Å². The van der Waals surface area contributed by atoms with E-state index in [1.54, 1.807) is 0 Å². The van der Waals surface area contributed by atoms with Crippen LogP contribution < -0.4 is 20.7 Å². The number of hydrogen-bond donors (Lipinski definition) is 0. The summed E-state index contributed by atoms with van der Waals surface area (Å²) in [5.74, 6) is 0.804. The molecule has 4 heteroatoms. The number of ether oxygens (including phenoxy) is 1. The fraction of sp³-hybridized carbons (Fsp3) is 0.0556. The predicted octanol–water partition coefficient (Wildman–Crippen LogP) is 7.39. The Labute approximate surface area is 233 Å². The average Bonchev–Trinajstić information content (AvgIpc) is 3.57. The highest BCUT2D eigenvalue weighted by Gasteiger charge is 2.41. The molecule has 2 atom stereocenters. The van der Waals surface area contributed by atoms with Gasteiger partial charge in [-0.25, -0.2) is 0 Å². The average molecular weight is 536 g/mol. The highest BCUT2D eigenvalue weighted by Crippen LogP contribution is 2.51. The number of benzene rings is 5. The van der Waals surface area contributed by atoms with E-state index < -0.39 is 7.14 Å². The molecule has 8 rings (SSSR count).